The number of rotatable bonds is 0. The predicted octanol–water partition coefficient (Wildman–Crippen LogP) is 2.78. The number of allylic oxidation sites excluding steroid dienone is 2. The van der Waals surface area contributed by atoms with Crippen molar-refractivity contribution in [1.82, 2.24) is 0 Å². The van der Waals surface area contributed by atoms with Crippen LogP contribution in [0, 0.1) is 5.41 Å². The van der Waals surface area contributed by atoms with Crippen LogP contribution in [0.4, 0.5) is 0 Å². The molecular formula is C9H15N. The van der Waals surface area contributed by atoms with E-state index in [-0.39, 0.29) is 0 Å². The van der Waals surface area contributed by atoms with Gasteiger partial charge in [-0.15, -0.1) is 0 Å². The fraction of sp³-hybridized carbons (Fsp3) is 0.667. The number of hydrogen-bond acceptors (Lipinski definition) is 1. The first kappa shape index (κ1) is 7.52. The fourth-order valence-corrected chi connectivity index (χ4v) is 1.65. The van der Waals surface area contributed by atoms with E-state index in [4.69, 9.17) is 0 Å². The molecule has 1 heteroatoms. The van der Waals surface area contributed by atoms with Gasteiger partial charge in [-0.05, 0) is 25.7 Å². The van der Waals surface area contributed by atoms with Crippen molar-refractivity contribution in [2.75, 3.05) is 0 Å². The lowest BCUT2D eigenvalue weighted by atomic mass is 9.85. The highest BCUT2D eigenvalue weighted by Crippen LogP contribution is 2.28. The third kappa shape index (κ3) is 1.69. The Hall–Kier alpha value is -0.590. The van der Waals surface area contributed by atoms with Gasteiger partial charge in [0.15, 0.2) is 0 Å². The second kappa shape index (κ2) is 2.22. The number of nitrogens with zero attached hydrogens (tertiary/aromatic N) is 1. The van der Waals surface area contributed by atoms with Gasteiger partial charge in [0, 0.05) is 11.4 Å². The van der Waals surface area contributed by atoms with Crippen LogP contribution in [0.25, 0.3) is 0 Å². The van der Waals surface area contributed by atoms with Gasteiger partial charge in [-0.3, -0.25) is 4.99 Å². The molecule has 0 spiro atoms. The highest BCUT2D eigenvalue weighted by Gasteiger charge is 2.19. The molecule has 56 valence electrons. The van der Waals surface area contributed by atoms with E-state index >= 15 is 0 Å². The smallest absolute Gasteiger partial charge is 0.0337 e. The van der Waals surface area contributed by atoms with Crippen molar-refractivity contribution in [3.05, 3.63) is 11.8 Å². The summed E-state index contributed by atoms with van der Waals surface area (Å²) >= 11 is 0. The molecule has 0 aromatic carbocycles. The van der Waals surface area contributed by atoms with Crippen molar-refractivity contribution in [2.45, 2.75) is 34.1 Å². The zero-order chi connectivity index (χ0) is 7.78. The molecule has 1 heterocycles. The van der Waals surface area contributed by atoms with Gasteiger partial charge in [-0.2, -0.15) is 0 Å². The van der Waals surface area contributed by atoms with Gasteiger partial charge in [0.05, 0.1) is 0 Å². The Labute approximate surface area is 62.9 Å². The summed E-state index contributed by atoms with van der Waals surface area (Å²) < 4.78 is 0. The maximum absolute atomic E-state index is 4.36. The summed E-state index contributed by atoms with van der Waals surface area (Å²) in [6, 6.07) is 0. The molecule has 10 heavy (non-hydrogen) atoms. The molecular weight excluding hydrogens is 122 g/mol. The van der Waals surface area contributed by atoms with Crippen LogP contribution in [-0.4, -0.2) is 5.71 Å². The van der Waals surface area contributed by atoms with Crippen LogP contribution in [0.3, 0.4) is 0 Å². The van der Waals surface area contributed by atoms with Gasteiger partial charge in [0.1, 0.15) is 0 Å². The number of hydrogen-bond donors (Lipinski definition) is 0. The highest BCUT2D eigenvalue weighted by molar-refractivity contribution is 5.84. The molecule has 1 aliphatic heterocycles. The van der Waals surface area contributed by atoms with Crippen LogP contribution in [0.5, 0.6) is 0 Å². The van der Waals surface area contributed by atoms with E-state index in [1.54, 1.807) is 0 Å². The summed E-state index contributed by atoms with van der Waals surface area (Å²) in [5, 5.41) is 0. The normalized spacial score (nSPS) is 23.6. The Kier molecular flexibility index (Phi) is 1.67. The fourth-order valence-electron chi connectivity index (χ4n) is 1.65. The van der Waals surface area contributed by atoms with Gasteiger partial charge < -0.3 is 0 Å². The molecule has 0 fully saturated rings. The van der Waals surface area contributed by atoms with Crippen LogP contribution < -0.4 is 0 Å². The Morgan fingerprint density at radius 2 is 2.00 bits per heavy atom. The van der Waals surface area contributed by atoms with E-state index < -0.39 is 0 Å². The first-order valence-electron chi connectivity index (χ1n) is 3.73. The van der Waals surface area contributed by atoms with Crippen molar-refractivity contribution < 1.29 is 0 Å². The molecule has 1 aliphatic rings. The summed E-state index contributed by atoms with van der Waals surface area (Å²) in [5.41, 5.74) is 2.74. The standard InChI is InChI=1S/C9H15N/c1-7-5-9(3,4)6-8(2)10-7/h5H,6H2,1-4H3. The van der Waals surface area contributed by atoms with Gasteiger partial charge in [0.2, 0.25) is 0 Å². The van der Waals surface area contributed by atoms with Crippen LogP contribution in [0.1, 0.15) is 34.1 Å². The van der Waals surface area contributed by atoms with E-state index in [9.17, 15) is 0 Å². The predicted molar refractivity (Wildman–Crippen MR) is 45.3 cm³/mol. The Morgan fingerprint density at radius 1 is 1.40 bits per heavy atom. The quantitative estimate of drug-likeness (QED) is 0.487. The molecule has 0 bridgehead atoms. The Morgan fingerprint density at radius 3 is 2.40 bits per heavy atom. The minimum absolute atomic E-state index is 0.329. The van der Waals surface area contributed by atoms with Crippen molar-refractivity contribution in [2.24, 2.45) is 10.4 Å². The van der Waals surface area contributed by atoms with E-state index in [2.05, 4.69) is 38.8 Å². The first-order valence-corrected chi connectivity index (χ1v) is 3.73. The largest absolute Gasteiger partial charge is 0.263 e. The molecule has 1 rings (SSSR count). The molecule has 0 aromatic rings. The monoisotopic (exact) mass is 137 g/mol. The molecule has 0 unspecified atom stereocenters. The van der Waals surface area contributed by atoms with E-state index in [1.807, 2.05) is 0 Å². The first-order chi connectivity index (χ1) is 4.49. The van der Waals surface area contributed by atoms with Crippen molar-refractivity contribution in [3.8, 4) is 0 Å². The van der Waals surface area contributed by atoms with E-state index in [0.29, 0.717) is 5.41 Å². The van der Waals surface area contributed by atoms with E-state index in [1.165, 1.54) is 5.71 Å². The minimum atomic E-state index is 0.329. The average molecular weight is 137 g/mol. The summed E-state index contributed by atoms with van der Waals surface area (Å²) in [6.45, 7) is 8.64. The molecule has 0 aliphatic carbocycles. The third-order valence-electron chi connectivity index (χ3n) is 1.68. The number of aliphatic imine (C=N–C) groups is 1. The average Bonchev–Trinajstić information content (AvgIpc) is 1.54. The highest BCUT2D eigenvalue weighted by atomic mass is 14.8. The maximum Gasteiger partial charge on any atom is 0.0337 e. The lowest BCUT2D eigenvalue weighted by Crippen LogP contribution is -2.16. The summed E-state index contributed by atoms with van der Waals surface area (Å²) in [4.78, 5) is 4.36. The van der Waals surface area contributed by atoms with Gasteiger partial charge in [0.25, 0.3) is 0 Å². The molecule has 0 atom stereocenters. The zero-order valence-electron chi connectivity index (χ0n) is 7.23. The lowest BCUT2D eigenvalue weighted by Gasteiger charge is -2.24. The lowest BCUT2D eigenvalue weighted by molar-refractivity contribution is 0.491. The summed E-state index contributed by atoms with van der Waals surface area (Å²) in [7, 11) is 0. The second-order valence-corrected chi connectivity index (χ2v) is 3.80. The SMILES string of the molecule is CC1=CC(C)(C)CC(C)=N1. The molecule has 1 nitrogen and oxygen atoms in total. The van der Waals surface area contributed by atoms with Crippen LogP contribution in [0.15, 0.2) is 16.8 Å². The van der Waals surface area contributed by atoms with Gasteiger partial charge in [-0.1, -0.05) is 19.9 Å². The molecule has 0 amide bonds. The molecule has 0 radical (unpaired) electrons. The van der Waals surface area contributed by atoms with Crippen molar-refractivity contribution >= 4 is 5.71 Å². The van der Waals surface area contributed by atoms with Crippen LogP contribution in [0.2, 0.25) is 0 Å². The van der Waals surface area contributed by atoms with Gasteiger partial charge in [-0.25, -0.2) is 0 Å². The maximum atomic E-state index is 4.36. The van der Waals surface area contributed by atoms with Crippen LogP contribution in [-0.2, 0) is 0 Å². The summed E-state index contributed by atoms with van der Waals surface area (Å²) in [6.07, 6.45) is 3.34. The van der Waals surface area contributed by atoms with E-state index in [0.717, 1.165) is 12.1 Å². The topological polar surface area (TPSA) is 12.4 Å². The van der Waals surface area contributed by atoms with Crippen molar-refractivity contribution in [3.63, 3.8) is 0 Å². The van der Waals surface area contributed by atoms with Crippen LogP contribution >= 0.6 is 0 Å². The zero-order valence-corrected chi connectivity index (χ0v) is 7.23. The molecule has 0 saturated heterocycles. The van der Waals surface area contributed by atoms with Crippen molar-refractivity contribution in [1.29, 1.82) is 0 Å². The minimum Gasteiger partial charge on any atom is -0.263 e. The summed E-state index contributed by atoms with van der Waals surface area (Å²) in [5.74, 6) is 0. The Balaban J connectivity index is 2.88. The Bertz CT molecular complexity index is 197. The molecule has 0 saturated carbocycles. The molecule has 0 N–H and O–H groups in total. The third-order valence-corrected chi connectivity index (χ3v) is 1.68. The van der Waals surface area contributed by atoms with Gasteiger partial charge >= 0.3 is 0 Å². The molecule has 0 aromatic heterocycles. The second-order valence-electron chi connectivity index (χ2n) is 3.80.